The van der Waals surface area contributed by atoms with Crippen molar-refractivity contribution in [3.8, 4) is 11.1 Å². The smallest absolute Gasteiger partial charge is 0.221 e. The molecule has 2 heterocycles. The van der Waals surface area contributed by atoms with Gasteiger partial charge in [0.1, 0.15) is 5.82 Å². The molecule has 1 aliphatic heterocycles. The average Bonchev–Trinajstić information content (AvgIpc) is 2.91. The monoisotopic (exact) mass is 478 g/mol. The Morgan fingerprint density at radius 3 is 2.53 bits per heavy atom. The Balaban J connectivity index is 1.14. The van der Waals surface area contributed by atoms with Crippen molar-refractivity contribution in [3.63, 3.8) is 0 Å². The second kappa shape index (κ2) is 11.4. The zero-order valence-corrected chi connectivity index (χ0v) is 20.9. The van der Waals surface area contributed by atoms with Gasteiger partial charge in [-0.15, -0.1) is 0 Å². The van der Waals surface area contributed by atoms with Crippen LogP contribution in [0.15, 0.2) is 84.9 Å². The van der Waals surface area contributed by atoms with Gasteiger partial charge >= 0.3 is 0 Å². The molecule has 5 heteroatoms. The van der Waals surface area contributed by atoms with Crippen molar-refractivity contribution >= 4 is 28.3 Å². The van der Waals surface area contributed by atoms with Gasteiger partial charge in [0, 0.05) is 24.5 Å². The summed E-state index contributed by atoms with van der Waals surface area (Å²) >= 11 is 0. The molecule has 184 valence electrons. The molecule has 1 saturated heterocycles. The number of nitrogens with one attached hydrogen (secondary N) is 2. The number of aromatic nitrogens is 1. The van der Waals surface area contributed by atoms with Gasteiger partial charge in [-0.2, -0.15) is 0 Å². The molecule has 0 unspecified atom stereocenters. The van der Waals surface area contributed by atoms with Crippen LogP contribution in [0.25, 0.3) is 22.0 Å². The van der Waals surface area contributed by atoms with Gasteiger partial charge in [-0.1, -0.05) is 60.7 Å². The summed E-state index contributed by atoms with van der Waals surface area (Å²) in [6.45, 7) is 5.77. The molecule has 0 saturated carbocycles. The Morgan fingerprint density at radius 2 is 1.72 bits per heavy atom. The molecular weight excluding hydrogens is 444 g/mol. The fraction of sp³-hybridized carbons (Fsp3) is 0.290. The SMILES string of the molecule is CC(=O)Nc1cccc(C2CCN(CCCNc3cc(-c4ccccc4)c4ccccc4n3)CC2)c1. The van der Waals surface area contributed by atoms with E-state index < -0.39 is 0 Å². The zero-order valence-electron chi connectivity index (χ0n) is 20.9. The third-order valence-electron chi connectivity index (χ3n) is 7.02. The Labute approximate surface area is 213 Å². The molecule has 1 amide bonds. The minimum Gasteiger partial charge on any atom is -0.370 e. The highest BCUT2D eigenvalue weighted by molar-refractivity contribution is 5.96. The van der Waals surface area contributed by atoms with Crippen molar-refractivity contribution in [1.82, 2.24) is 9.88 Å². The predicted molar refractivity (Wildman–Crippen MR) is 149 cm³/mol. The summed E-state index contributed by atoms with van der Waals surface area (Å²) in [6.07, 6.45) is 3.39. The number of nitrogens with zero attached hydrogens (tertiary/aromatic N) is 2. The molecular formula is C31H34N4O. The molecule has 0 radical (unpaired) electrons. The Morgan fingerprint density at radius 1 is 0.944 bits per heavy atom. The highest BCUT2D eigenvalue weighted by atomic mass is 16.1. The summed E-state index contributed by atoms with van der Waals surface area (Å²) < 4.78 is 0. The molecule has 1 aliphatic rings. The van der Waals surface area contributed by atoms with E-state index in [4.69, 9.17) is 4.98 Å². The fourth-order valence-electron chi connectivity index (χ4n) is 5.21. The molecule has 1 fully saturated rings. The molecule has 5 rings (SSSR count). The summed E-state index contributed by atoms with van der Waals surface area (Å²) in [5.41, 5.74) is 5.68. The van der Waals surface area contributed by atoms with Crippen molar-refractivity contribution in [2.75, 3.05) is 36.8 Å². The molecule has 4 aromatic rings. The highest BCUT2D eigenvalue weighted by Crippen LogP contribution is 2.31. The van der Waals surface area contributed by atoms with Gasteiger partial charge in [0.25, 0.3) is 0 Å². The van der Waals surface area contributed by atoms with Crippen molar-refractivity contribution in [2.45, 2.75) is 32.1 Å². The van der Waals surface area contributed by atoms with E-state index in [1.165, 1.54) is 22.1 Å². The minimum absolute atomic E-state index is 0.0224. The van der Waals surface area contributed by atoms with Crippen LogP contribution in [0.2, 0.25) is 0 Å². The number of carbonyl (C=O) groups is 1. The lowest BCUT2D eigenvalue weighted by molar-refractivity contribution is -0.114. The number of para-hydroxylation sites is 1. The van der Waals surface area contributed by atoms with Gasteiger partial charge in [-0.05, 0) is 85.8 Å². The topological polar surface area (TPSA) is 57.3 Å². The van der Waals surface area contributed by atoms with Gasteiger partial charge in [-0.3, -0.25) is 4.79 Å². The number of carbonyl (C=O) groups excluding carboxylic acids is 1. The van der Waals surface area contributed by atoms with Crippen LogP contribution in [0.3, 0.4) is 0 Å². The molecule has 0 spiro atoms. The number of benzene rings is 3. The van der Waals surface area contributed by atoms with E-state index >= 15 is 0 Å². The van der Waals surface area contributed by atoms with Crippen LogP contribution in [0.4, 0.5) is 11.5 Å². The summed E-state index contributed by atoms with van der Waals surface area (Å²) in [6, 6.07) is 29.4. The minimum atomic E-state index is -0.0224. The first-order chi connectivity index (χ1) is 17.7. The van der Waals surface area contributed by atoms with E-state index in [1.54, 1.807) is 6.92 Å². The van der Waals surface area contributed by atoms with E-state index in [2.05, 4.69) is 82.3 Å². The van der Waals surface area contributed by atoms with Crippen molar-refractivity contribution in [1.29, 1.82) is 0 Å². The molecule has 5 nitrogen and oxygen atoms in total. The quantitative estimate of drug-likeness (QED) is 0.282. The largest absolute Gasteiger partial charge is 0.370 e. The summed E-state index contributed by atoms with van der Waals surface area (Å²) in [5, 5.41) is 7.65. The van der Waals surface area contributed by atoms with Gasteiger partial charge in [-0.25, -0.2) is 4.98 Å². The lowest BCUT2D eigenvalue weighted by atomic mass is 9.89. The van der Waals surface area contributed by atoms with Crippen LogP contribution in [0.5, 0.6) is 0 Å². The third kappa shape index (κ3) is 5.92. The number of hydrogen-bond donors (Lipinski definition) is 2. The summed E-state index contributed by atoms with van der Waals surface area (Å²) in [4.78, 5) is 18.8. The van der Waals surface area contributed by atoms with Crippen LogP contribution < -0.4 is 10.6 Å². The molecule has 0 bridgehead atoms. The van der Waals surface area contributed by atoms with Crippen molar-refractivity contribution < 1.29 is 4.79 Å². The number of anilines is 2. The second-order valence-electron chi connectivity index (χ2n) is 9.64. The number of amides is 1. The van der Waals surface area contributed by atoms with Crippen LogP contribution in [-0.4, -0.2) is 42.0 Å². The van der Waals surface area contributed by atoms with Gasteiger partial charge in [0.15, 0.2) is 0 Å². The van der Waals surface area contributed by atoms with E-state index in [0.717, 1.165) is 62.5 Å². The van der Waals surface area contributed by atoms with Crippen molar-refractivity contribution in [3.05, 3.63) is 90.5 Å². The number of fused-ring (bicyclic) bond motifs is 1. The lowest BCUT2D eigenvalue weighted by Crippen LogP contribution is -2.34. The highest BCUT2D eigenvalue weighted by Gasteiger charge is 2.20. The molecule has 3 aromatic carbocycles. The summed E-state index contributed by atoms with van der Waals surface area (Å²) in [5.74, 6) is 1.47. The molecule has 36 heavy (non-hydrogen) atoms. The van der Waals surface area contributed by atoms with Crippen LogP contribution in [0.1, 0.15) is 37.7 Å². The normalized spacial score (nSPS) is 14.6. The Hall–Kier alpha value is -3.70. The van der Waals surface area contributed by atoms with Gasteiger partial charge < -0.3 is 15.5 Å². The molecule has 2 N–H and O–H groups in total. The average molecular weight is 479 g/mol. The third-order valence-corrected chi connectivity index (χ3v) is 7.02. The Kier molecular flexibility index (Phi) is 7.58. The standard InChI is InChI=1S/C31H34N4O/c1-23(36)33-27-12-7-11-26(21-27)24-15-19-35(20-16-24)18-8-17-32-31-22-29(25-9-3-2-4-10-25)28-13-5-6-14-30(28)34-31/h2-7,9-14,21-22,24H,8,15-20H2,1H3,(H,32,34)(H,33,36). The van der Waals surface area contributed by atoms with Crippen molar-refractivity contribution in [2.24, 2.45) is 0 Å². The number of rotatable bonds is 8. The number of hydrogen-bond acceptors (Lipinski definition) is 4. The lowest BCUT2D eigenvalue weighted by Gasteiger charge is -2.32. The van der Waals surface area contributed by atoms with Crippen LogP contribution >= 0.6 is 0 Å². The number of piperidine rings is 1. The van der Waals surface area contributed by atoms with Crippen LogP contribution in [-0.2, 0) is 4.79 Å². The van der Waals surface area contributed by atoms with E-state index in [9.17, 15) is 4.79 Å². The first-order valence-electron chi connectivity index (χ1n) is 12.9. The molecule has 0 atom stereocenters. The second-order valence-corrected chi connectivity index (χ2v) is 9.64. The fourth-order valence-corrected chi connectivity index (χ4v) is 5.21. The van der Waals surface area contributed by atoms with E-state index in [0.29, 0.717) is 5.92 Å². The maximum Gasteiger partial charge on any atom is 0.221 e. The summed E-state index contributed by atoms with van der Waals surface area (Å²) in [7, 11) is 0. The molecule has 0 aliphatic carbocycles. The first kappa shape index (κ1) is 24.0. The first-order valence-corrected chi connectivity index (χ1v) is 12.9. The van der Waals surface area contributed by atoms with Crippen LogP contribution in [0, 0.1) is 0 Å². The number of pyridine rings is 1. The molecule has 1 aromatic heterocycles. The van der Waals surface area contributed by atoms with Gasteiger partial charge in [0.2, 0.25) is 5.91 Å². The van der Waals surface area contributed by atoms with E-state index in [-0.39, 0.29) is 5.91 Å². The number of likely N-dealkylation sites (tertiary alicyclic amines) is 1. The Bertz CT molecular complexity index is 1310. The maximum atomic E-state index is 11.4. The maximum absolute atomic E-state index is 11.4. The zero-order chi connectivity index (χ0) is 24.7. The predicted octanol–water partition coefficient (Wildman–Crippen LogP) is 6.54. The van der Waals surface area contributed by atoms with E-state index in [1.807, 2.05) is 18.2 Å². The van der Waals surface area contributed by atoms with Gasteiger partial charge in [0.05, 0.1) is 5.52 Å².